The summed E-state index contributed by atoms with van der Waals surface area (Å²) in [6, 6.07) is 20.8. The maximum Gasteiger partial charge on any atom is 0.338 e. The highest BCUT2D eigenvalue weighted by molar-refractivity contribution is 6.04. The number of esters is 1. The third-order valence-electron chi connectivity index (χ3n) is 4.43. The number of carbonyl (C=O) groups is 2. The Morgan fingerprint density at radius 1 is 0.967 bits per heavy atom. The van der Waals surface area contributed by atoms with E-state index < -0.39 is 17.4 Å². The number of benzene rings is 2. The summed E-state index contributed by atoms with van der Waals surface area (Å²) in [6.07, 6.45) is 2.79. The quantitative estimate of drug-likeness (QED) is 0.520. The monoisotopic (exact) mass is 399 g/mol. The highest BCUT2D eigenvalue weighted by Gasteiger charge is 2.15. The van der Waals surface area contributed by atoms with Gasteiger partial charge in [-0.3, -0.25) is 14.0 Å². The molecule has 0 unspecified atom stereocenters. The van der Waals surface area contributed by atoms with Crippen LogP contribution in [0.4, 0.5) is 5.69 Å². The maximum absolute atomic E-state index is 12.6. The lowest BCUT2D eigenvalue weighted by Gasteiger charge is -2.08. The molecule has 0 bridgehead atoms. The van der Waals surface area contributed by atoms with E-state index in [4.69, 9.17) is 4.74 Å². The van der Waals surface area contributed by atoms with E-state index in [1.165, 1.54) is 16.7 Å². The van der Waals surface area contributed by atoms with Gasteiger partial charge in [0.2, 0.25) is 0 Å². The average molecular weight is 399 g/mol. The molecule has 0 atom stereocenters. The molecule has 0 fully saturated rings. The van der Waals surface area contributed by atoms with Crippen LogP contribution in [-0.2, 0) is 11.3 Å². The van der Waals surface area contributed by atoms with Crippen molar-refractivity contribution in [3.05, 3.63) is 112 Å². The minimum Gasteiger partial charge on any atom is -0.457 e. The number of nitrogens with one attached hydrogen (secondary N) is 1. The van der Waals surface area contributed by atoms with Crippen molar-refractivity contribution in [3.63, 3.8) is 0 Å². The van der Waals surface area contributed by atoms with E-state index in [1.54, 1.807) is 42.6 Å². The van der Waals surface area contributed by atoms with Crippen molar-refractivity contribution in [1.82, 2.24) is 9.38 Å². The molecule has 7 heteroatoms. The van der Waals surface area contributed by atoms with Gasteiger partial charge in [-0.15, -0.1) is 0 Å². The van der Waals surface area contributed by atoms with Crippen molar-refractivity contribution < 1.29 is 14.3 Å². The molecule has 30 heavy (non-hydrogen) atoms. The molecule has 2 aromatic carbocycles. The lowest BCUT2D eigenvalue weighted by molar-refractivity contribution is 0.0472. The minimum absolute atomic E-state index is 0.101. The first-order valence-electron chi connectivity index (χ1n) is 9.21. The van der Waals surface area contributed by atoms with Crippen LogP contribution < -0.4 is 10.9 Å². The number of anilines is 1. The van der Waals surface area contributed by atoms with E-state index in [2.05, 4.69) is 10.3 Å². The SMILES string of the molecule is O=C(OCc1ccccc1)c1cccc(NC(=O)c2cnc3ccccn3c2=O)c1. The molecule has 0 aliphatic carbocycles. The predicted molar refractivity (Wildman–Crippen MR) is 111 cm³/mol. The maximum atomic E-state index is 12.6. The van der Waals surface area contributed by atoms with Gasteiger partial charge in [0.05, 0.1) is 5.56 Å². The number of rotatable bonds is 5. The highest BCUT2D eigenvalue weighted by Crippen LogP contribution is 2.14. The number of nitrogens with zero attached hydrogens (tertiary/aromatic N) is 2. The molecule has 148 valence electrons. The number of amides is 1. The molecule has 0 saturated carbocycles. The van der Waals surface area contributed by atoms with E-state index in [0.717, 1.165) is 5.56 Å². The standard InChI is InChI=1S/C23H17N3O4/c27-21(19-14-24-20-11-4-5-12-26(20)22(19)28)25-18-10-6-9-17(13-18)23(29)30-15-16-7-2-1-3-8-16/h1-14H,15H2,(H,25,27). The van der Waals surface area contributed by atoms with Crippen LogP contribution in [-0.4, -0.2) is 21.3 Å². The van der Waals surface area contributed by atoms with Crippen LogP contribution >= 0.6 is 0 Å². The molecule has 2 heterocycles. The number of aromatic nitrogens is 2. The van der Waals surface area contributed by atoms with E-state index >= 15 is 0 Å². The van der Waals surface area contributed by atoms with Crippen LogP contribution in [0.3, 0.4) is 0 Å². The molecule has 0 aliphatic heterocycles. The van der Waals surface area contributed by atoms with Crippen LogP contribution in [0, 0.1) is 0 Å². The summed E-state index contributed by atoms with van der Waals surface area (Å²) in [5, 5.41) is 2.63. The van der Waals surface area contributed by atoms with E-state index in [-0.39, 0.29) is 17.7 Å². The van der Waals surface area contributed by atoms with Gasteiger partial charge in [0.15, 0.2) is 0 Å². The number of hydrogen-bond acceptors (Lipinski definition) is 5. The molecule has 1 amide bonds. The highest BCUT2D eigenvalue weighted by atomic mass is 16.5. The Hall–Kier alpha value is -4.26. The smallest absolute Gasteiger partial charge is 0.338 e. The van der Waals surface area contributed by atoms with Crippen LogP contribution in [0.5, 0.6) is 0 Å². The molecule has 4 rings (SSSR count). The fourth-order valence-electron chi connectivity index (χ4n) is 2.91. The molecule has 0 spiro atoms. The van der Waals surface area contributed by atoms with Gasteiger partial charge in [0.1, 0.15) is 17.8 Å². The Morgan fingerprint density at radius 2 is 1.77 bits per heavy atom. The zero-order chi connectivity index (χ0) is 20.9. The fraction of sp³-hybridized carbons (Fsp3) is 0.0435. The summed E-state index contributed by atoms with van der Waals surface area (Å²) in [5.74, 6) is -1.12. The Balaban J connectivity index is 1.49. The van der Waals surface area contributed by atoms with Gasteiger partial charge in [0.25, 0.3) is 11.5 Å². The predicted octanol–water partition coefficient (Wildman–Crippen LogP) is 3.30. The van der Waals surface area contributed by atoms with Gasteiger partial charge in [-0.05, 0) is 35.9 Å². The second-order valence-electron chi connectivity index (χ2n) is 6.50. The van der Waals surface area contributed by atoms with Gasteiger partial charge in [0, 0.05) is 18.1 Å². The Kier molecular flexibility index (Phi) is 5.34. The number of carbonyl (C=O) groups excluding carboxylic acids is 2. The zero-order valence-electron chi connectivity index (χ0n) is 15.8. The van der Waals surface area contributed by atoms with Gasteiger partial charge in [-0.1, -0.05) is 42.5 Å². The molecular weight excluding hydrogens is 382 g/mol. The van der Waals surface area contributed by atoms with Crippen LogP contribution in [0.15, 0.2) is 90.0 Å². The zero-order valence-corrected chi connectivity index (χ0v) is 15.8. The van der Waals surface area contributed by atoms with Crippen LogP contribution in [0.2, 0.25) is 0 Å². The summed E-state index contributed by atoms with van der Waals surface area (Å²) in [7, 11) is 0. The number of hydrogen-bond donors (Lipinski definition) is 1. The first kappa shape index (κ1) is 19.1. The Labute approximate surface area is 171 Å². The van der Waals surface area contributed by atoms with Crippen molar-refractivity contribution in [2.24, 2.45) is 0 Å². The van der Waals surface area contributed by atoms with E-state index in [1.807, 2.05) is 30.3 Å². The van der Waals surface area contributed by atoms with Gasteiger partial charge < -0.3 is 10.1 Å². The molecule has 0 radical (unpaired) electrons. The second kappa shape index (κ2) is 8.40. The van der Waals surface area contributed by atoms with Crippen molar-refractivity contribution >= 4 is 23.2 Å². The average Bonchev–Trinajstić information content (AvgIpc) is 2.78. The van der Waals surface area contributed by atoms with Crippen LogP contribution in [0.25, 0.3) is 5.65 Å². The number of pyridine rings is 1. The first-order valence-corrected chi connectivity index (χ1v) is 9.21. The van der Waals surface area contributed by atoms with Crippen molar-refractivity contribution in [3.8, 4) is 0 Å². The van der Waals surface area contributed by atoms with Crippen molar-refractivity contribution in [2.45, 2.75) is 6.61 Å². The summed E-state index contributed by atoms with van der Waals surface area (Å²) < 4.78 is 6.61. The first-order chi connectivity index (χ1) is 14.6. The molecule has 1 N–H and O–H groups in total. The number of ether oxygens (including phenoxy) is 1. The van der Waals surface area contributed by atoms with Gasteiger partial charge >= 0.3 is 5.97 Å². The Morgan fingerprint density at radius 3 is 2.60 bits per heavy atom. The second-order valence-corrected chi connectivity index (χ2v) is 6.50. The summed E-state index contributed by atoms with van der Waals surface area (Å²) >= 11 is 0. The lowest BCUT2D eigenvalue weighted by atomic mass is 10.2. The van der Waals surface area contributed by atoms with E-state index in [9.17, 15) is 14.4 Å². The lowest BCUT2D eigenvalue weighted by Crippen LogP contribution is -2.26. The topological polar surface area (TPSA) is 89.8 Å². The van der Waals surface area contributed by atoms with Gasteiger partial charge in [-0.25, -0.2) is 9.78 Å². The van der Waals surface area contributed by atoms with Crippen molar-refractivity contribution in [2.75, 3.05) is 5.32 Å². The minimum atomic E-state index is -0.611. The molecule has 7 nitrogen and oxygen atoms in total. The molecule has 2 aromatic heterocycles. The third kappa shape index (κ3) is 4.10. The molecule has 0 aliphatic rings. The summed E-state index contributed by atoms with van der Waals surface area (Å²) in [4.78, 5) is 41.6. The van der Waals surface area contributed by atoms with E-state index in [0.29, 0.717) is 11.3 Å². The number of fused-ring (bicyclic) bond motifs is 1. The largest absolute Gasteiger partial charge is 0.457 e. The normalized spacial score (nSPS) is 10.5. The fourth-order valence-corrected chi connectivity index (χ4v) is 2.91. The van der Waals surface area contributed by atoms with Gasteiger partial charge in [-0.2, -0.15) is 0 Å². The Bertz CT molecular complexity index is 1280. The third-order valence-corrected chi connectivity index (χ3v) is 4.43. The van der Waals surface area contributed by atoms with Crippen LogP contribution in [0.1, 0.15) is 26.3 Å². The molecular formula is C23H17N3O4. The van der Waals surface area contributed by atoms with Crippen molar-refractivity contribution in [1.29, 1.82) is 0 Å². The summed E-state index contributed by atoms with van der Waals surface area (Å²) in [5.41, 5.74) is 1.40. The molecule has 4 aromatic rings. The molecule has 0 saturated heterocycles. The summed E-state index contributed by atoms with van der Waals surface area (Å²) in [6.45, 7) is 0.149.